The SMILES string of the molecule is O=C1CC(CI)CN1C1CC1. The van der Waals surface area contributed by atoms with Crippen molar-refractivity contribution in [3.63, 3.8) is 0 Å². The Morgan fingerprint density at radius 2 is 2.27 bits per heavy atom. The maximum atomic E-state index is 11.3. The number of alkyl halides is 1. The number of halogens is 1. The van der Waals surface area contributed by atoms with Crippen LogP contribution in [0.3, 0.4) is 0 Å². The molecule has 62 valence electrons. The lowest BCUT2D eigenvalue weighted by Gasteiger charge is -2.14. The lowest BCUT2D eigenvalue weighted by Crippen LogP contribution is -2.27. The molecule has 0 aromatic rings. The molecule has 2 aliphatic rings. The summed E-state index contributed by atoms with van der Waals surface area (Å²) in [5.74, 6) is 1.04. The Labute approximate surface area is 80.5 Å². The van der Waals surface area contributed by atoms with E-state index in [0.29, 0.717) is 17.9 Å². The van der Waals surface area contributed by atoms with Gasteiger partial charge in [0, 0.05) is 23.4 Å². The monoisotopic (exact) mass is 265 g/mol. The Hall–Kier alpha value is 0.200. The van der Waals surface area contributed by atoms with Crippen molar-refractivity contribution in [1.82, 2.24) is 4.90 Å². The van der Waals surface area contributed by atoms with E-state index in [4.69, 9.17) is 0 Å². The van der Waals surface area contributed by atoms with Crippen molar-refractivity contribution < 1.29 is 4.79 Å². The van der Waals surface area contributed by atoms with Gasteiger partial charge in [0.2, 0.25) is 5.91 Å². The molecule has 0 N–H and O–H groups in total. The van der Waals surface area contributed by atoms with Gasteiger partial charge in [0.15, 0.2) is 0 Å². The second-order valence-corrected chi connectivity index (χ2v) is 4.38. The summed E-state index contributed by atoms with van der Waals surface area (Å²) in [5, 5.41) is 0. The first-order valence-corrected chi connectivity index (χ1v) is 5.69. The molecule has 11 heavy (non-hydrogen) atoms. The van der Waals surface area contributed by atoms with E-state index in [0.717, 1.165) is 17.4 Å². The van der Waals surface area contributed by atoms with Crippen LogP contribution in [-0.2, 0) is 4.79 Å². The first-order chi connectivity index (χ1) is 5.31. The lowest BCUT2D eigenvalue weighted by molar-refractivity contribution is -0.128. The minimum atomic E-state index is 0.397. The Bertz CT molecular complexity index is 179. The van der Waals surface area contributed by atoms with Gasteiger partial charge < -0.3 is 4.90 Å². The smallest absolute Gasteiger partial charge is 0.223 e. The number of hydrogen-bond donors (Lipinski definition) is 0. The van der Waals surface area contributed by atoms with Crippen LogP contribution in [0.4, 0.5) is 0 Å². The number of amides is 1. The molecule has 1 amide bonds. The summed E-state index contributed by atoms with van der Waals surface area (Å²) < 4.78 is 1.13. The zero-order valence-electron chi connectivity index (χ0n) is 6.42. The van der Waals surface area contributed by atoms with Gasteiger partial charge in [0.25, 0.3) is 0 Å². The Morgan fingerprint density at radius 3 is 2.73 bits per heavy atom. The molecule has 1 aliphatic heterocycles. The third-order valence-electron chi connectivity index (χ3n) is 2.44. The minimum Gasteiger partial charge on any atom is -0.339 e. The number of hydrogen-bond acceptors (Lipinski definition) is 1. The summed E-state index contributed by atoms with van der Waals surface area (Å²) in [4.78, 5) is 13.4. The van der Waals surface area contributed by atoms with Crippen LogP contribution in [-0.4, -0.2) is 27.8 Å². The van der Waals surface area contributed by atoms with Crippen LogP contribution in [0.2, 0.25) is 0 Å². The van der Waals surface area contributed by atoms with E-state index in [-0.39, 0.29) is 0 Å². The molecular formula is C8H12INO. The van der Waals surface area contributed by atoms with Crippen LogP contribution in [0.15, 0.2) is 0 Å². The molecule has 0 spiro atoms. The first-order valence-electron chi connectivity index (χ1n) is 4.16. The lowest BCUT2D eigenvalue weighted by atomic mass is 10.2. The molecule has 0 radical (unpaired) electrons. The summed E-state index contributed by atoms with van der Waals surface area (Å²) in [5.41, 5.74) is 0. The van der Waals surface area contributed by atoms with Crippen LogP contribution >= 0.6 is 22.6 Å². The van der Waals surface area contributed by atoms with Crippen LogP contribution < -0.4 is 0 Å². The highest BCUT2D eigenvalue weighted by molar-refractivity contribution is 14.1. The Balaban J connectivity index is 1.96. The predicted octanol–water partition coefficient (Wildman–Crippen LogP) is 1.43. The maximum absolute atomic E-state index is 11.3. The van der Waals surface area contributed by atoms with Gasteiger partial charge >= 0.3 is 0 Å². The van der Waals surface area contributed by atoms with E-state index in [1.54, 1.807) is 0 Å². The zero-order chi connectivity index (χ0) is 7.84. The summed E-state index contributed by atoms with van der Waals surface area (Å²) in [7, 11) is 0. The number of carbonyl (C=O) groups is 1. The maximum Gasteiger partial charge on any atom is 0.223 e. The highest BCUT2D eigenvalue weighted by Gasteiger charge is 2.38. The average Bonchev–Trinajstić information content (AvgIpc) is 2.76. The van der Waals surface area contributed by atoms with Crippen molar-refractivity contribution in [2.24, 2.45) is 5.92 Å². The molecular weight excluding hydrogens is 253 g/mol. The van der Waals surface area contributed by atoms with Gasteiger partial charge in [0.1, 0.15) is 0 Å². The van der Waals surface area contributed by atoms with Crippen molar-refractivity contribution in [1.29, 1.82) is 0 Å². The fourth-order valence-corrected chi connectivity index (χ4v) is 2.24. The molecule has 1 unspecified atom stereocenters. The van der Waals surface area contributed by atoms with E-state index >= 15 is 0 Å². The molecule has 1 heterocycles. The zero-order valence-corrected chi connectivity index (χ0v) is 8.58. The molecule has 1 saturated carbocycles. The third-order valence-corrected chi connectivity index (χ3v) is 3.69. The average molecular weight is 265 g/mol. The number of carbonyl (C=O) groups excluding carboxylic acids is 1. The summed E-state index contributed by atoms with van der Waals surface area (Å²) in [6, 6.07) is 0.635. The minimum absolute atomic E-state index is 0.397. The second-order valence-electron chi connectivity index (χ2n) is 3.50. The standard InChI is InChI=1S/C8H12INO/c9-4-6-3-8(11)10(5-6)7-1-2-7/h6-7H,1-5H2. The van der Waals surface area contributed by atoms with Gasteiger partial charge in [-0.2, -0.15) is 0 Å². The Kier molecular flexibility index (Phi) is 2.08. The number of rotatable bonds is 2. The topological polar surface area (TPSA) is 20.3 Å². The second kappa shape index (κ2) is 2.92. The molecule has 1 atom stereocenters. The molecule has 1 aliphatic carbocycles. The number of nitrogens with zero attached hydrogens (tertiary/aromatic N) is 1. The molecule has 0 aromatic heterocycles. The molecule has 0 bridgehead atoms. The molecule has 1 saturated heterocycles. The molecule has 2 nitrogen and oxygen atoms in total. The van der Waals surface area contributed by atoms with Crippen molar-refractivity contribution in [2.45, 2.75) is 25.3 Å². The molecule has 0 aromatic carbocycles. The highest BCUT2D eigenvalue weighted by Crippen LogP contribution is 2.32. The largest absolute Gasteiger partial charge is 0.339 e. The van der Waals surface area contributed by atoms with Gasteiger partial charge in [-0.1, -0.05) is 22.6 Å². The third kappa shape index (κ3) is 1.53. The van der Waals surface area contributed by atoms with Crippen molar-refractivity contribution in [3.8, 4) is 0 Å². The van der Waals surface area contributed by atoms with Crippen molar-refractivity contribution in [2.75, 3.05) is 11.0 Å². The molecule has 2 rings (SSSR count). The highest BCUT2D eigenvalue weighted by atomic mass is 127. The van der Waals surface area contributed by atoms with Gasteiger partial charge in [-0.15, -0.1) is 0 Å². The normalized spacial score (nSPS) is 31.5. The van der Waals surface area contributed by atoms with E-state index < -0.39 is 0 Å². The quantitative estimate of drug-likeness (QED) is 0.546. The van der Waals surface area contributed by atoms with Crippen molar-refractivity contribution >= 4 is 28.5 Å². The van der Waals surface area contributed by atoms with Crippen molar-refractivity contribution in [3.05, 3.63) is 0 Å². The predicted molar refractivity (Wildman–Crippen MR) is 51.7 cm³/mol. The van der Waals surface area contributed by atoms with Crippen LogP contribution in [0.25, 0.3) is 0 Å². The van der Waals surface area contributed by atoms with E-state index in [9.17, 15) is 4.79 Å². The number of likely N-dealkylation sites (tertiary alicyclic amines) is 1. The van der Waals surface area contributed by atoms with Crippen LogP contribution in [0.1, 0.15) is 19.3 Å². The summed E-state index contributed by atoms with van der Waals surface area (Å²) in [6.45, 7) is 1.03. The van der Waals surface area contributed by atoms with Gasteiger partial charge in [-0.3, -0.25) is 4.79 Å². The fourth-order valence-electron chi connectivity index (χ4n) is 1.65. The van der Waals surface area contributed by atoms with Gasteiger partial charge in [0.05, 0.1) is 0 Å². The van der Waals surface area contributed by atoms with Crippen LogP contribution in [0.5, 0.6) is 0 Å². The van der Waals surface area contributed by atoms with E-state index in [1.165, 1.54) is 12.8 Å². The fraction of sp³-hybridized carbons (Fsp3) is 0.875. The van der Waals surface area contributed by atoms with Gasteiger partial charge in [-0.05, 0) is 18.8 Å². The van der Waals surface area contributed by atoms with E-state index in [2.05, 4.69) is 27.5 Å². The Morgan fingerprint density at radius 1 is 1.55 bits per heavy atom. The summed E-state index contributed by atoms with van der Waals surface area (Å²) >= 11 is 2.37. The first kappa shape index (κ1) is 7.83. The summed E-state index contributed by atoms with van der Waals surface area (Å²) in [6.07, 6.45) is 3.30. The van der Waals surface area contributed by atoms with Gasteiger partial charge in [-0.25, -0.2) is 0 Å². The molecule has 2 fully saturated rings. The van der Waals surface area contributed by atoms with E-state index in [1.807, 2.05) is 0 Å². The van der Waals surface area contributed by atoms with Crippen LogP contribution in [0, 0.1) is 5.92 Å². The molecule has 3 heteroatoms.